The molecule has 0 amide bonds. The van der Waals surface area contributed by atoms with E-state index < -0.39 is 0 Å². The molecular weight excluding hydrogens is 227 g/mol. The summed E-state index contributed by atoms with van der Waals surface area (Å²) in [5, 5.41) is 0.555. The first-order valence-corrected chi connectivity index (χ1v) is 7.78. The van der Waals surface area contributed by atoms with E-state index in [1.54, 1.807) is 0 Å². The van der Waals surface area contributed by atoms with Crippen LogP contribution in [0.1, 0.15) is 40.5 Å². The van der Waals surface area contributed by atoms with E-state index >= 15 is 0 Å². The van der Waals surface area contributed by atoms with Gasteiger partial charge in [-0.1, -0.05) is 34.5 Å². The van der Waals surface area contributed by atoms with Crippen molar-refractivity contribution in [2.75, 3.05) is 0 Å². The highest BCUT2D eigenvalue weighted by molar-refractivity contribution is 7.81. The minimum Gasteiger partial charge on any atom is -0.380 e. The van der Waals surface area contributed by atoms with Gasteiger partial charge in [0.1, 0.15) is 0 Å². The molecule has 0 aromatic carbocycles. The van der Waals surface area contributed by atoms with Gasteiger partial charge in [0.15, 0.2) is 7.28 Å². The monoisotopic (exact) mass is 254 g/mol. The molecule has 0 radical (unpaired) electrons. The molecule has 98 valence electrons. The van der Waals surface area contributed by atoms with E-state index in [1.165, 1.54) is 6.42 Å². The molecule has 0 aromatic heterocycles. The summed E-state index contributed by atoms with van der Waals surface area (Å²) in [6.07, 6.45) is 2.37. The van der Waals surface area contributed by atoms with E-state index in [-0.39, 0.29) is 5.60 Å². The van der Waals surface area contributed by atoms with Crippen LogP contribution in [0.4, 0.5) is 0 Å². The summed E-state index contributed by atoms with van der Waals surface area (Å²) in [5.41, 5.74) is 0.139. The van der Waals surface area contributed by atoms with E-state index in [0.29, 0.717) is 29.0 Å². The first-order valence-electron chi connectivity index (χ1n) is 7.27. The Morgan fingerprint density at radius 1 is 1.35 bits per heavy atom. The average molecular weight is 254 g/mol. The van der Waals surface area contributed by atoms with Gasteiger partial charge in [0.25, 0.3) is 0 Å². The van der Waals surface area contributed by atoms with Crippen molar-refractivity contribution in [2.45, 2.75) is 64.2 Å². The molecule has 17 heavy (non-hydrogen) atoms. The van der Waals surface area contributed by atoms with Gasteiger partial charge in [-0.05, 0) is 36.5 Å². The van der Waals surface area contributed by atoms with Crippen LogP contribution in [0.25, 0.3) is 0 Å². The molecule has 2 aliphatic rings. The molecule has 3 heteroatoms. The lowest BCUT2D eigenvalue weighted by Crippen LogP contribution is -2.40. The van der Waals surface area contributed by atoms with Gasteiger partial charge in [-0.2, -0.15) is 12.6 Å². The van der Waals surface area contributed by atoms with Crippen LogP contribution >= 0.6 is 12.6 Å². The molecule has 0 N–H and O–H groups in total. The number of hydrogen-bond donors (Lipinski definition) is 1. The van der Waals surface area contributed by atoms with Crippen molar-refractivity contribution in [3.8, 4) is 0 Å². The SMILES string of the molecule is CBC1OC2(CC(C)C)CC(S)C1C2C(C)C. The Bertz CT molecular complexity index is 281. The van der Waals surface area contributed by atoms with Crippen LogP contribution in [0.5, 0.6) is 0 Å². The minimum absolute atomic E-state index is 0.139. The van der Waals surface area contributed by atoms with Crippen molar-refractivity contribution >= 4 is 19.9 Å². The fraction of sp³-hybridized carbons (Fsp3) is 1.00. The lowest BCUT2D eigenvalue weighted by Gasteiger charge is -2.36. The van der Waals surface area contributed by atoms with Gasteiger partial charge in [-0.25, -0.2) is 0 Å². The highest BCUT2D eigenvalue weighted by Crippen LogP contribution is 2.59. The van der Waals surface area contributed by atoms with Crippen molar-refractivity contribution in [2.24, 2.45) is 23.7 Å². The van der Waals surface area contributed by atoms with Crippen LogP contribution in [0.15, 0.2) is 0 Å². The third-order valence-corrected chi connectivity index (χ3v) is 5.24. The minimum atomic E-state index is 0.139. The maximum atomic E-state index is 6.50. The zero-order chi connectivity index (χ0) is 12.8. The first kappa shape index (κ1) is 13.8. The average Bonchev–Trinajstić information content (AvgIpc) is 2.64. The Kier molecular flexibility index (Phi) is 3.90. The van der Waals surface area contributed by atoms with Gasteiger partial charge in [0.2, 0.25) is 0 Å². The Morgan fingerprint density at radius 2 is 2.00 bits per heavy atom. The second-order valence-electron chi connectivity index (χ2n) is 6.85. The molecule has 5 atom stereocenters. The van der Waals surface area contributed by atoms with Crippen LogP contribution in [0, 0.1) is 23.7 Å². The van der Waals surface area contributed by atoms with Gasteiger partial charge in [-0.15, -0.1) is 0 Å². The summed E-state index contributed by atoms with van der Waals surface area (Å²) in [5.74, 6) is 2.83. The van der Waals surface area contributed by atoms with Crippen LogP contribution in [-0.2, 0) is 4.74 Å². The molecule has 1 heterocycles. The van der Waals surface area contributed by atoms with E-state index in [4.69, 9.17) is 17.4 Å². The molecule has 1 saturated heterocycles. The fourth-order valence-corrected chi connectivity index (χ4v) is 5.25. The lowest BCUT2D eigenvalue weighted by molar-refractivity contribution is -0.0664. The molecule has 1 aliphatic heterocycles. The smallest absolute Gasteiger partial charge is 0.155 e. The summed E-state index contributed by atoms with van der Waals surface area (Å²) < 4.78 is 6.50. The van der Waals surface area contributed by atoms with Crippen LogP contribution < -0.4 is 0 Å². The van der Waals surface area contributed by atoms with Crippen molar-refractivity contribution in [1.82, 2.24) is 0 Å². The number of fused-ring (bicyclic) bond motifs is 2. The normalized spacial score (nSPS) is 44.9. The second-order valence-corrected chi connectivity index (χ2v) is 7.51. The van der Waals surface area contributed by atoms with E-state index in [1.807, 2.05) is 0 Å². The van der Waals surface area contributed by atoms with Crippen molar-refractivity contribution < 1.29 is 4.74 Å². The summed E-state index contributed by atoms with van der Waals surface area (Å²) in [6, 6.07) is 0.456. The quantitative estimate of drug-likeness (QED) is 0.598. The van der Waals surface area contributed by atoms with Gasteiger partial charge in [0.05, 0.1) is 5.60 Å². The lowest BCUT2D eigenvalue weighted by atomic mass is 9.65. The predicted octanol–water partition coefficient (Wildman–Crippen LogP) is 3.20. The van der Waals surface area contributed by atoms with Crippen LogP contribution in [0.2, 0.25) is 6.82 Å². The fourth-order valence-electron chi connectivity index (χ4n) is 4.57. The standard InChI is InChI=1S/C14H27BOS/c1-8(2)6-14-7-10(17)11(12(14)9(3)4)13(15-5)16-14/h8-13,15,17H,6-7H2,1-5H3. The van der Waals surface area contributed by atoms with E-state index in [0.717, 1.165) is 19.6 Å². The Morgan fingerprint density at radius 3 is 2.47 bits per heavy atom. The summed E-state index contributed by atoms with van der Waals surface area (Å²) >= 11 is 4.86. The third-order valence-electron chi connectivity index (χ3n) is 4.71. The summed E-state index contributed by atoms with van der Waals surface area (Å²) in [4.78, 5) is 0. The molecule has 0 spiro atoms. The van der Waals surface area contributed by atoms with E-state index in [9.17, 15) is 0 Å². The van der Waals surface area contributed by atoms with Crippen molar-refractivity contribution in [1.29, 1.82) is 0 Å². The molecule has 0 aromatic rings. The van der Waals surface area contributed by atoms with Gasteiger partial charge < -0.3 is 4.74 Å². The van der Waals surface area contributed by atoms with Crippen molar-refractivity contribution in [3.05, 3.63) is 0 Å². The summed E-state index contributed by atoms with van der Waals surface area (Å²) in [6.45, 7) is 11.6. The first-order chi connectivity index (χ1) is 7.91. The highest BCUT2D eigenvalue weighted by atomic mass is 32.1. The number of hydrogen-bond acceptors (Lipinski definition) is 2. The molecular formula is C14H27BOS. The topological polar surface area (TPSA) is 9.23 Å². The van der Waals surface area contributed by atoms with Gasteiger partial charge in [0, 0.05) is 11.3 Å². The highest BCUT2D eigenvalue weighted by Gasteiger charge is 2.62. The maximum Gasteiger partial charge on any atom is 0.155 e. The molecule has 1 aliphatic carbocycles. The van der Waals surface area contributed by atoms with Gasteiger partial charge >= 0.3 is 0 Å². The molecule has 2 fully saturated rings. The zero-order valence-electron chi connectivity index (χ0n) is 11.9. The third kappa shape index (κ3) is 2.18. The zero-order valence-corrected chi connectivity index (χ0v) is 12.8. The Balaban J connectivity index is 2.29. The largest absolute Gasteiger partial charge is 0.380 e. The Hall–Kier alpha value is 0.375. The Labute approximate surface area is 113 Å². The maximum absolute atomic E-state index is 6.50. The number of ether oxygens (including phenoxy) is 1. The van der Waals surface area contributed by atoms with Crippen LogP contribution in [-0.4, -0.2) is 24.1 Å². The molecule has 1 nitrogen and oxygen atoms in total. The molecule has 2 rings (SSSR count). The predicted molar refractivity (Wildman–Crippen MR) is 79.3 cm³/mol. The van der Waals surface area contributed by atoms with Gasteiger partial charge in [-0.3, -0.25) is 0 Å². The molecule has 1 saturated carbocycles. The molecule has 5 unspecified atom stereocenters. The van der Waals surface area contributed by atoms with Crippen molar-refractivity contribution in [3.63, 3.8) is 0 Å². The molecule has 2 bridgehead atoms. The number of thiol groups is 1. The second kappa shape index (κ2) is 4.81. The van der Waals surface area contributed by atoms with E-state index in [2.05, 4.69) is 34.5 Å². The number of rotatable bonds is 4. The summed E-state index contributed by atoms with van der Waals surface area (Å²) in [7, 11) is 1.14. The van der Waals surface area contributed by atoms with Crippen LogP contribution in [0.3, 0.4) is 0 Å².